The lowest BCUT2D eigenvalue weighted by molar-refractivity contribution is -0.235. The third kappa shape index (κ3) is 7.62. The first-order valence-electron chi connectivity index (χ1n) is 24.8. The maximum Gasteiger partial charge on any atom is 0.309 e. The van der Waals surface area contributed by atoms with Crippen molar-refractivity contribution in [1.82, 2.24) is 5.32 Å². The Labute approximate surface area is 390 Å². The number of fused-ring (bicyclic) bond motifs is 7. The van der Waals surface area contributed by atoms with E-state index in [-0.39, 0.29) is 92.1 Å². The van der Waals surface area contributed by atoms with E-state index in [1.165, 1.54) is 29.8 Å². The first-order chi connectivity index (χ1) is 30.1. The zero-order chi connectivity index (χ0) is 47.5. The summed E-state index contributed by atoms with van der Waals surface area (Å²) in [5.41, 5.74) is 1.56. The smallest absolute Gasteiger partial charge is 0.309 e. The van der Waals surface area contributed by atoms with Crippen LogP contribution < -0.4 is 5.32 Å². The van der Waals surface area contributed by atoms with Gasteiger partial charge in [0, 0.05) is 30.1 Å². The minimum Gasteiger partial charge on any atom is -0.462 e. The Kier molecular flexibility index (Phi) is 11.8. The highest BCUT2D eigenvalue weighted by Gasteiger charge is 2.70. The van der Waals surface area contributed by atoms with E-state index in [1.54, 1.807) is 13.8 Å². The SMILES string of the molecule is CC(C)C1=C2[C@H]3CC[C@@H]4[C@@]5(C)CC[C@H](OC(=O)[C@H]6C[C@@H](Cc7ccccc7)C6(C)C)C(C)(C)[C@@H]5CC[C@@]4(C)[C@]3(C)CC[C@@]2(NC(=O)C(C)(C)CC(=O)c2ccc(S(C)(=O)=O)cc2)CC1=O. The van der Waals surface area contributed by atoms with Crippen molar-refractivity contribution in [3.8, 4) is 0 Å². The normalized spacial score (nSPS) is 36.1. The van der Waals surface area contributed by atoms with Gasteiger partial charge in [-0.15, -0.1) is 0 Å². The first kappa shape index (κ1) is 47.9. The van der Waals surface area contributed by atoms with Crippen molar-refractivity contribution in [2.24, 2.45) is 68.0 Å². The number of sulfone groups is 1. The molecule has 65 heavy (non-hydrogen) atoms. The molecule has 0 unspecified atom stereocenters. The molecule has 1 N–H and O–H groups in total. The van der Waals surface area contributed by atoms with Crippen LogP contribution in [0, 0.1) is 68.0 Å². The number of benzene rings is 2. The first-order valence-corrected chi connectivity index (χ1v) is 26.7. The van der Waals surface area contributed by atoms with Gasteiger partial charge in [0.05, 0.1) is 21.8 Å². The van der Waals surface area contributed by atoms with E-state index in [0.29, 0.717) is 29.7 Å². The second kappa shape index (κ2) is 16.0. The molecule has 2 aromatic rings. The second-order valence-corrected chi connectivity index (χ2v) is 26.8. The van der Waals surface area contributed by atoms with Crippen LogP contribution in [0.2, 0.25) is 0 Å². The van der Waals surface area contributed by atoms with Crippen LogP contribution in [-0.2, 0) is 35.4 Å². The number of Topliss-reactive ketones (excluding diaryl/α,β-unsaturated/α-hetero) is 2. The number of esters is 1. The lowest BCUT2D eigenvalue weighted by atomic mass is 9.33. The van der Waals surface area contributed by atoms with Gasteiger partial charge in [0.25, 0.3) is 0 Å². The van der Waals surface area contributed by atoms with Crippen molar-refractivity contribution >= 4 is 33.3 Å². The fraction of sp³-hybridized carbons (Fsp3) is 0.679. The second-order valence-electron chi connectivity index (χ2n) is 24.8. The highest BCUT2D eigenvalue weighted by molar-refractivity contribution is 7.90. The zero-order valence-electron chi connectivity index (χ0n) is 41.5. The Hall–Kier alpha value is -3.59. The lowest BCUT2D eigenvalue weighted by Gasteiger charge is -2.72. The number of ether oxygens (including phenoxy) is 1. The average Bonchev–Trinajstić information content (AvgIpc) is 3.52. The fourth-order valence-electron chi connectivity index (χ4n) is 15.7. The summed E-state index contributed by atoms with van der Waals surface area (Å²) in [4.78, 5) is 56.6. The molecule has 10 atom stereocenters. The molecule has 0 aliphatic heterocycles. The lowest BCUT2D eigenvalue weighted by Crippen LogP contribution is -2.67. The average molecular weight is 908 g/mol. The van der Waals surface area contributed by atoms with Gasteiger partial charge in [-0.3, -0.25) is 19.2 Å². The van der Waals surface area contributed by atoms with E-state index in [9.17, 15) is 27.6 Å². The van der Waals surface area contributed by atoms with Gasteiger partial charge in [-0.2, -0.15) is 0 Å². The van der Waals surface area contributed by atoms with Gasteiger partial charge in [0.2, 0.25) is 5.91 Å². The van der Waals surface area contributed by atoms with Crippen LogP contribution in [-0.4, -0.2) is 49.8 Å². The molecule has 2 aromatic carbocycles. The predicted octanol–water partition coefficient (Wildman–Crippen LogP) is 11.4. The number of hydrogen-bond donors (Lipinski definition) is 1. The number of allylic oxidation sites excluding steroid dienone is 1. The number of ketones is 2. The summed E-state index contributed by atoms with van der Waals surface area (Å²) >= 11 is 0. The molecule has 8 nitrogen and oxygen atoms in total. The van der Waals surface area contributed by atoms with E-state index in [4.69, 9.17) is 4.74 Å². The monoisotopic (exact) mass is 908 g/mol. The minimum absolute atomic E-state index is 0.000275. The topological polar surface area (TPSA) is 124 Å². The molecular formula is C56H77NO7S. The van der Waals surface area contributed by atoms with Crippen LogP contribution >= 0.6 is 0 Å². The van der Waals surface area contributed by atoms with Gasteiger partial charge in [-0.05, 0) is 144 Å². The summed E-state index contributed by atoms with van der Waals surface area (Å²) in [7, 11) is -3.41. The van der Waals surface area contributed by atoms with E-state index in [2.05, 4.69) is 98.0 Å². The molecule has 0 spiro atoms. The number of nitrogens with one attached hydrogen (secondary N) is 1. The van der Waals surface area contributed by atoms with Crippen LogP contribution in [0.5, 0.6) is 0 Å². The molecule has 6 aliphatic carbocycles. The molecule has 1 amide bonds. The summed E-state index contributed by atoms with van der Waals surface area (Å²) in [6, 6.07) is 16.5. The Morgan fingerprint density at radius 3 is 2.08 bits per heavy atom. The van der Waals surface area contributed by atoms with Crippen molar-refractivity contribution in [3.63, 3.8) is 0 Å². The summed E-state index contributed by atoms with van der Waals surface area (Å²) in [6.45, 7) is 24.7. The van der Waals surface area contributed by atoms with Gasteiger partial charge >= 0.3 is 5.97 Å². The highest BCUT2D eigenvalue weighted by Crippen LogP contribution is 2.76. The fourth-order valence-corrected chi connectivity index (χ4v) is 16.3. The maximum atomic E-state index is 14.6. The number of hydrogen-bond acceptors (Lipinski definition) is 7. The molecular weight excluding hydrogens is 831 g/mol. The molecule has 0 saturated heterocycles. The predicted molar refractivity (Wildman–Crippen MR) is 256 cm³/mol. The van der Waals surface area contributed by atoms with Crippen molar-refractivity contribution < 1.29 is 32.3 Å². The molecule has 8 rings (SSSR count). The van der Waals surface area contributed by atoms with Crippen LogP contribution in [0.25, 0.3) is 0 Å². The van der Waals surface area contributed by atoms with Crippen molar-refractivity contribution in [2.45, 2.75) is 170 Å². The maximum absolute atomic E-state index is 14.6. The molecule has 354 valence electrons. The highest BCUT2D eigenvalue weighted by atomic mass is 32.2. The third-order valence-corrected chi connectivity index (χ3v) is 21.0. The van der Waals surface area contributed by atoms with E-state index >= 15 is 0 Å². The Morgan fingerprint density at radius 1 is 0.800 bits per heavy atom. The Bertz CT molecular complexity index is 2400. The largest absolute Gasteiger partial charge is 0.462 e. The van der Waals surface area contributed by atoms with E-state index in [0.717, 1.165) is 75.2 Å². The van der Waals surface area contributed by atoms with Gasteiger partial charge in [0.15, 0.2) is 21.4 Å². The van der Waals surface area contributed by atoms with Gasteiger partial charge < -0.3 is 10.1 Å². The molecule has 5 fully saturated rings. The van der Waals surface area contributed by atoms with E-state index in [1.807, 2.05) is 0 Å². The minimum atomic E-state index is -3.41. The standard InChI is InChI=1S/C56H77NO7S/c1-34(2)46-42(59)33-56(57-49(61)50(3,4)32-41(58)36-18-20-38(21-19-36)65(12,62)63)29-28-54(10)39(47(46)56)22-23-44-53(9)26-25-45(52(7,8)43(53)24-27-55(44,54)11)64-48(60)40-31-37(51(40,5)6)30-35-16-14-13-15-17-35/h13-21,34,37,39-40,43-45H,22-33H2,1-12H3,(H,57,61)/t37-,39-,40-,43+,44-,45+,53+,54-,55-,56-/m1/s1. The van der Waals surface area contributed by atoms with E-state index < -0.39 is 20.8 Å². The van der Waals surface area contributed by atoms with Gasteiger partial charge in [-0.25, -0.2) is 8.42 Å². The van der Waals surface area contributed by atoms with Crippen LogP contribution in [0.15, 0.2) is 70.6 Å². The van der Waals surface area contributed by atoms with Gasteiger partial charge in [-0.1, -0.05) is 119 Å². The Balaban J connectivity index is 0.997. The van der Waals surface area contributed by atoms with Crippen molar-refractivity contribution in [3.05, 3.63) is 76.9 Å². The van der Waals surface area contributed by atoms with Crippen LogP contribution in [0.3, 0.4) is 0 Å². The van der Waals surface area contributed by atoms with Crippen molar-refractivity contribution in [1.29, 1.82) is 0 Å². The van der Waals surface area contributed by atoms with Crippen LogP contribution in [0.1, 0.15) is 163 Å². The molecule has 0 aromatic heterocycles. The molecule has 9 heteroatoms. The molecule has 6 aliphatic rings. The summed E-state index contributed by atoms with van der Waals surface area (Å²) in [5.74, 6) is 1.05. The summed E-state index contributed by atoms with van der Waals surface area (Å²) < 4.78 is 30.7. The molecule has 0 radical (unpaired) electrons. The third-order valence-electron chi connectivity index (χ3n) is 19.9. The number of carbonyl (C=O) groups is 4. The molecule has 0 bridgehead atoms. The van der Waals surface area contributed by atoms with Crippen LogP contribution in [0.4, 0.5) is 0 Å². The number of amides is 1. The summed E-state index contributed by atoms with van der Waals surface area (Å²) in [5, 5.41) is 3.50. The number of carbonyl (C=O) groups excluding carboxylic acids is 4. The quantitative estimate of drug-likeness (QED) is 0.176. The number of rotatable bonds is 11. The van der Waals surface area contributed by atoms with Gasteiger partial charge in [0.1, 0.15) is 6.10 Å². The van der Waals surface area contributed by atoms with Crippen molar-refractivity contribution in [2.75, 3.05) is 6.26 Å². The summed E-state index contributed by atoms with van der Waals surface area (Å²) in [6.07, 6.45) is 10.7. The zero-order valence-corrected chi connectivity index (χ0v) is 42.3. The Morgan fingerprint density at radius 2 is 1.46 bits per heavy atom. The molecule has 5 saturated carbocycles. The molecule has 0 heterocycles.